The summed E-state index contributed by atoms with van der Waals surface area (Å²) >= 11 is 0. The molecule has 17 heavy (non-hydrogen) atoms. The van der Waals surface area contributed by atoms with E-state index in [1.165, 1.54) is 12.5 Å². The van der Waals surface area contributed by atoms with Crippen LogP contribution in [0.15, 0.2) is 29.8 Å². The molecule has 0 bridgehead atoms. The third kappa shape index (κ3) is 2.71. The number of primary sulfonamides is 1. The number of rotatable bonds is 4. The summed E-state index contributed by atoms with van der Waals surface area (Å²) in [6, 6.07) is 1.91. The summed E-state index contributed by atoms with van der Waals surface area (Å²) in [5.74, 6) is 0. The van der Waals surface area contributed by atoms with Gasteiger partial charge in [0.05, 0.1) is 6.33 Å². The molecule has 0 saturated heterocycles. The van der Waals surface area contributed by atoms with Crippen LogP contribution in [0, 0.1) is 0 Å². The van der Waals surface area contributed by atoms with Crippen molar-refractivity contribution in [1.82, 2.24) is 19.3 Å². The van der Waals surface area contributed by atoms with Crippen LogP contribution in [0.3, 0.4) is 0 Å². The van der Waals surface area contributed by atoms with E-state index in [4.69, 9.17) is 5.14 Å². The van der Waals surface area contributed by atoms with Gasteiger partial charge in [0.1, 0.15) is 0 Å². The monoisotopic (exact) mass is 255 g/mol. The minimum absolute atomic E-state index is 0.109. The van der Waals surface area contributed by atoms with Gasteiger partial charge in [-0.15, -0.1) is 0 Å². The molecule has 0 radical (unpaired) electrons. The number of sulfonamides is 1. The Morgan fingerprint density at radius 2 is 2.24 bits per heavy atom. The molecule has 8 heteroatoms. The topological polar surface area (TPSA) is 95.8 Å². The van der Waals surface area contributed by atoms with Gasteiger partial charge in [-0.25, -0.2) is 18.5 Å². The van der Waals surface area contributed by atoms with Crippen molar-refractivity contribution in [1.29, 1.82) is 0 Å². The fourth-order valence-corrected chi connectivity index (χ4v) is 1.98. The van der Waals surface area contributed by atoms with Crippen molar-refractivity contribution in [3.63, 3.8) is 0 Å². The number of nitrogens with zero attached hydrogens (tertiary/aromatic N) is 4. The minimum Gasteiger partial charge on any atom is -0.336 e. The first-order valence-corrected chi connectivity index (χ1v) is 6.53. The lowest BCUT2D eigenvalue weighted by molar-refractivity contribution is 0.594. The molecule has 0 aliphatic rings. The zero-order chi connectivity index (χ0) is 12.5. The van der Waals surface area contributed by atoms with Crippen LogP contribution in [0.1, 0.15) is 5.69 Å². The lowest BCUT2D eigenvalue weighted by Gasteiger charge is -2.02. The summed E-state index contributed by atoms with van der Waals surface area (Å²) in [4.78, 5) is 3.74. The summed E-state index contributed by atoms with van der Waals surface area (Å²) < 4.78 is 25.5. The van der Waals surface area contributed by atoms with Crippen molar-refractivity contribution in [2.24, 2.45) is 12.2 Å². The summed E-state index contributed by atoms with van der Waals surface area (Å²) in [5.41, 5.74) is 1.07. The predicted molar refractivity (Wildman–Crippen MR) is 60.5 cm³/mol. The molecular formula is C9H13N5O2S. The summed E-state index contributed by atoms with van der Waals surface area (Å²) in [6.45, 7) is 0.627. The molecule has 92 valence electrons. The molecule has 0 aliphatic carbocycles. The fraction of sp³-hybridized carbons (Fsp3) is 0.333. The average molecular weight is 255 g/mol. The number of aryl methyl sites for hydroxylation is 3. The molecule has 2 rings (SSSR count). The first-order valence-electron chi connectivity index (χ1n) is 4.98. The van der Waals surface area contributed by atoms with E-state index < -0.39 is 10.0 Å². The lowest BCUT2D eigenvalue weighted by Crippen LogP contribution is -2.12. The molecular weight excluding hydrogens is 242 g/mol. The Morgan fingerprint density at radius 3 is 2.76 bits per heavy atom. The van der Waals surface area contributed by atoms with Gasteiger partial charge in [-0.05, 0) is 6.07 Å². The van der Waals surface area contributed by atoms with Crippen LogP contribution in [0.25, 0.3) is 0 Å². The molecule has 0 fully saturated rings. The predicted octanol–water partition coefficient (Wildman–Crippen LogP) is -0.493. The third-order valence-corrected chi connectivity index (χ3v) is 3.24. The van der Waals surface area contributed by atoms with Gasteiger partial charge in [0.15, 0.2) is 5.03 Å². The molecule has 2 heterocycles. The minimum atomic E-state index is -3.71. The van der Waals surface area contributed by atoms with E-state index in [2.05, 4.69) is 10.1 Å². The van der Waals surface area contributed by atoms with Crippen LogP contribution in [-0.4, -0.2) is 27.7 Å². The third-order valence-electron chi connectivity index (χ3n) is 2.45. The van der Waals surface area contributed by atoms with E-state index in [1.807, 2.05) is 13.1 Å². The van der Waals surface area contributed by atoms with Gasteiger partial charge >= 0.3 is 0 Å². The van der Waals surface area contributed by atoms with E-state index >= 15 is 0 Å². The SMILES string of the molecule is Cn1nccc1CCn1cnc(S(N)(=O)=O)c1. The quantitative estimate of drug-likeness (QED) is 0.797. The van der Waals surface area contributed by atoms with Crippen LogP contribution in [-0.2, 0) is 30.0 Å². The number of nitrogens with two attached hydrogens (primary N) is 1. The smallest absolute Gasteiger partial charge is 0.257 e. The van der Waals surface area contributed by atoms with E-state index in [0.29, 0.717) is 6.54 Å². The largest absolute Gasteiger partial charge is 0.336 e. The maximum absolute atomic E-state index is 11.0. The maximum Gasteiger partial charge on any atom is 0.257 e. The molecule has 0 unspecified atom stereocenters. The summed E-state index contributed by atoms with van der Waals surface area (Å²) in [7, 11) is -1.85. The van der Waals surface area contributed by atoms with Crippen LogP contribution >= 0.6 is 0 Å². The Hall–Kier alpha value is -1.67. The van der Waals surface area contributed by atoms with Crippen LogP contribution in [0.4, 0.5) is 0 Å². The molecule has 7 nitrogen and oxygen atoms in total. The number of imidazole rings is 1. The van der Waals surface area contributed by atoms with Gasteiger partial charge in [0.25, 0.3) is 10.0 Å². The fourth-order valence-electron chi connectivity index (χ4n) is 1.50. The van der Waals surface area contributed by atoms with E-state index in [9.17, 15) is 8.42 Å². The van der Waals surface area contributed by atoms with E-state index in [-0.39, 0.29) is 5.03 Å². The summed E-state index contributed by atoms with van der Waals surface area (Å²) in [6.07, 6.45) is 5.34. The Balaban J connectivity index is 2.06. The molecule has 0 amide bonds. The van der Waals surface area contributed by atoms with Gasteiger partial charge in [0.2, 0.25) is 0 Å². The van der Waals surface area contributed by atoms with Crippen LogP contribution in [0.2, 0.25) is 0 Å². The first-order chi connectivity index (χ1) is 7.97. The molecule has 2 N–H and O–H groups in total. The van der Waals surface area contributed by atoms with Crippen molar-refractivity contribution in [3.8, 4) is 0 Å². The van der Waals surface area contributed by atoms with Gasteiger partial charge < -0.3 is 4.57 Å². The first kappa shape index (κ1) is 11.8. The lowest BCUT2D eigenvalue weighted by atomic mass is 10.3. The van der Waals surface area contributed by atoms with E-state index in [1.54, 1.807) is 15.4 Å². The van der Waals surface area contributed by atoms with Crippen LogP contribution < -0.4 is 5.14 Å². The van der Waals surface area contributed by atoms with Crippen molar-refractivity contribution in [3.05, 3.63) is 30.5 Å². The zero-order valence-electron chi connectivity index (χ0n) is 9.31. The number of hydrogen-bond donors (Lipinski definition) is 1. The van der Waals surface area contributed by atoms with E-state index in [0.717, 1.165) is 12.1 Å². The number of aromatic nitrogens is 4. The maximum atomic E-state index is 11.0. The molecule has 0 atom stereocenters. The van der Waals surface area contributed by atoms with Crippen molar-refractivity contribution in [2.75, 3.05) is 0 Å². The highest BCUT2D eigenvalue weighted by Gasteiger charge is 2.11. The molecule has 0 spiro atoms. The summed E-state index contributed by atoms with van der Waals surface area (Å²) in [5, 5.41) is 8.91. The van der Waals surface area contributed by atoms with Crippen molar-refractivity contribution >= 4 is 10.0 Å². The average Bonchev–Trinajstić information content (AvgIpc) is 2.82. The Bertz CT molecular complexity index is 613. The van der Waals surface area contributed by atoms with Crippen molar-refractivity contribution < 1.29 is 8.42 Å². The molecule has 0 saturated carbocycles. The molecule has 2 aromatic heterocycles. The van der Waals surface area contributed by atoms with Crippen LogP contribution in [0.5, 0.6) is 0 Å². The van der Waals surface area contributed by atoms with Gasteiger partial charge in [-0.2, -0.15) is 5.10 Å². The van der Waals surface area contributed by atoms with Gasteiger partial charge in [0, 0.05) is 38.1 Å². The zero-order valence-corrected chi connectivity index (χ0v) is 10.1. The second kappa shape index (κ2) is 4.30. The van der Waals surface area contributed by atoms with Gasteiger partial charge in [-0.3, -0.25) is 4.68 Å². The Kier molecular flexibility index (Phi) is 2.99. The number of hydrogen-bond acceptors (Lipinski definition) is 4. The Labute approximate surface area is 98.9 Å². The molecule has 0 aromatic carbocycles. The molecule has 0 aliphatic heterocycles. The second-order valence-corrected chi connectivity index (χ2v) is 5.20. The highest BCUT2D eigenvalue weighted by molar-refractivity contribution is 7.89. The second-order valence-electron chi connectivity index (χ2n) is 3.69. The standard InChI is InChI=1S/C9H13N5O2S/c1-13-8(2-4-12-13)3-5-14-6-9(11-7-14)17(10,15)16/h2,4,6-7H,3,5H2,1H3,(H2,10,15,16). The normalized spacial score (nSPS) is 11.9. The highest BCUT2D eigenvalue weighted by Crippen LogP contribution is 2.04. The Morgan fingerprint density at radius 1 is 1.47 bits per heavy atom. The van der Waals surface area contributed by atoms with Crippen molar-refractivity contribution in [2.45, 2.75) is 18.0 Å². The highest BCUT2D eigenvalue weighted by atomic mass is 32.2. The van der Waals surface area contributed by atoms with Gasteiger partial charge in [-0.1, -0.05) is 0 Å². The molecule has 2 aromatic rings.